The van der Waals surface area contributed by atoms with Gasteiger partial charge in [-0.1, -0.05) is 6.07 Å². The van der Waals surface area contributed by atoms with Crippen LogP contribution in [-0.4, -0.2) is 13.7 Å². The summed E-state index contributed by atoms with van der Waals surface area (Å²) in [6.07, 6.45) is 8.05. The van der Waals surface area contributed by atoms with Crippen LogP contribution < -0.4 is 10.1 Å². The number of benzene rings is 1. The Morgan fingerprint density at radius 3 is 2.88 bits per heavy atom. The fourth-order valence-electron chi connectivity index (χ4n) is 1.53. The number of terminal acetylenes is 1. The minimum atomic E-state index is -0.320. The van der Waals surface area contributed by atoms with Crippen LogP contribution in [-0.2, 0) is 6.54 Å². The van der Waals surface area contributed by atoms with Crippen LogP contribution in [0.2, 0.25) is 0 Å². The van der Waals surface area contributed by atoms with E-state index < -0.39 is 0 Å². The lowest BCUT2D eigenvalue weighted by Crippen LogP contribution is -2.14. The van der Waals surface area contributed by atoms with Gasteiger partial charge in [-0.05, 0) is 37.1 Å². The number of hydrogen-bond acceptors (Lipinski definition) is 2. The molecule has 0 unspecified atom stereocenters. The second-order valence-electron chi connectivity index (χ2n) is 3.81. The van der Waals surface area contributed by atoms with Gasteiger partial charge in [-0.2, -0.15) is 0 Å². The summed E-state index contributed by atoms with van der Waals surface area (Å²) in [4.78, 5) is 0. The van der Waals surface area contributed by atoms with Crippen LogP contribution in [0.15, 0.2) is 18.2 Å². The summed E-state index contributed by atoms with van der Waals surface area (Å²) in [6.45, 7) is 1.56. The zero-order valence-corrected chi connectivity index (χ0v) is 10.1. The summed E-state index contributed by atoms with van der Waals surface area (Å²) in [5.41, 5.74) is 0.917. The predicted molar refractivity (Wildman–Crippen MR) is 67.3 cm³/mol. The third kappa shape index (κ3) is 4.88. The molecule has 0 amide bonds. The number of unbranched alkanes of at least 4 members (excludes halogenated alkanes) is 2. The first-order valence-electron chi connectivity index (χ1n) is 5.74. The van der Waals surface area contributed by atoms with E-state index in [-0.39, 0.29) is 11.6 Å². The maximum absolute atomic E-state index is 13.4. The number of halogens is 1. The molecule has 0 spiro atoms. The van der Waals surface area contributed by atoms with Gasteiger partial charge in [0.15, 0.2) is 11.6 Å². The van der Waals surface area contributed by atoms with Crippen molar-refractivity contribution in [2.75, 3.05) is 13.7 Å². The fraction of sp³-hybridized carbons (Fsp3) is 0.429. The van der Waals surface area contributed by atoms with Crippen molar-refractivity contribution in [1.82, 2.24) is 5.32 Å². The SMILES string of the molecule is C#CCCCCNCc1ccc(OC)c(F)c1. The molecule has 0 fully saturated rings. The van der Waals surface area contributed by atoms with Crippen molar-refractivity contribution in [3.63, 3.8) is 0 Å². The third-order valence-corrected chi connectivity index (χ3v) is 2.47. The Morgan fingerprint density at radius 1 is 1.41 bits per heavy atom. The first kappa shape index (κ1) is 13.5. The van der Waals surface area contributed by atoms with E-state index in [0.717, 1.165) is 31.4 Å². The van der Waals surface area contributed by atoms with E-state index in [1.54, 1.807) is 6.07 Å². The van der Waals surface area contributed by atoms with E-state index in [9.17, 15) is 4.39 Å². The van der Waals surface area contributed by atoms with Crippen LogP contribution in [0.25, 0.3) is 0 Å². The van der Waals surface area contributed by atoms with Gasteiger partial charge in [0.2, 0.25) is 0 Å². The molecule has 3 heteroatoms. The van der Waals surface area contributed by atoms with Crippen molar-refractivity contribution in [3.05, 3.63) is 29.6 Å². The highest BCUT2D eigenvalue weighted by Gasteiger charge is 2.02. The summed E-state index contributed by atoms with van der Waals surface area (Å²) in [5, 5.41) is 3.25. The predicted octanol–water partition coefficient (Wildman–Crippen LogP) is 2.73. The molecule has 1 N–H and O–H groups in total. The van der Waals surface area contributed by atoms with Crippen molar-refractivity contribution >= 4 is 0 Å². The third-order valence-electron chi connectivity index (χ3n) is 2.47. The van der Waals surface area contributed by atoms with Gasteiger partial charge >= 0.3 is 0 Å². The molecule has 0 bridgehead atoms. The van der Waals surface area contributed by atoms with E-state index >= 15 is 0 Å². The van der Waals surface area contributed by atoms with Crippen molar-refractivity contribution in [2.45, 2.75) is 25.8 Å². The highest BCUT2D eigenvalue weighted by Crippen LogP contribution is 2.17. The number of ether oxygens (including phenoxy) is 1. The Morgan fingerprint density at radius 2 is 2.24 bits per heavy atom. The van der Waals surface area contributed by atoms with Gasteiger partial charge in [0, 0.05) is 13.0 Å². The van der Waals surface area contributed by atoms with Crippen LogP contribution in [0.5, 0.6) is 5.75 Å². The molecule has 0 aliphatic rings. The molecule has 0 aliphatic heterocycles. The molecule has 0 aliphatic carbocycles. The van der Waals surface area contributed by atoms with Crippen LogP contribution in [0, 0.1) is 18.2 Å². The first-order valence-corrected chi connectivity index (χ1v) is 5.74. The Bertz CT molecular complexity index is 384. The molecular weight excluding hydrogens is 217 g/mol. The molecule has 2 nitrogen and oxygen atoms in total. The van der Waals surface area contributed by atoms with Crippen molar-refractivity contribution < 1.29 is 9.13 Å². The number of hydrogen-bond donors (Lipinski definition) is 1. The summed E-state index contributed by atoms with van der Waals surface area (Å²) in [6, 6.07) is 4.99. The highest BCUT2D eigenvalue weighted by atomic mass is 19.1. The fourth-order valence-corrected chi connectivity index (χ4v) is 1.53. The van der Waals surface area contributed by atoms with Crippen molar-refractivity contribution in [1.29, 1.82) is 0 Å². The maximum Gasteiger partial charge on any atom is 0.165 e. The van der Waals surface area contributed by atoms with Gasteiger partial charge in [0.1, 0.15) is 0 Å². The van der Waals surface area contributed by atoms with Crippen molar-refractivity contribution in [2.24, 2.45) is 0 Å². The maximum atomic E-state index is 13.4. The van der Waals surface area contributed by atoms with Crippen LogP contribution in [0.3, 0.4) is 0 Å². The molecule has 0 aromatic heterocycles. The molecule has 0 saturated heterocycles. The van der Waals surface area contributed by atoms with Gasteiger partial charge in [0.25, 0.3) is 0 Å². The van der Waals surface area contributed by atoms with E-state index in [2.05, 4.69) is 11.2 Å². The van der Waals surface area contributed by atoms with Gasteiger partial charge in [0.05, 0.1) is 7.11 Å². The van der Waals surface area contributed by atoms with Crippen LogP contribution >= 0.6 is 0 Å². The molecule has 1 aromatic rings. The topological polar surface area (TPSA) is 21.3 Å². The molecular formula is C14H18FNO. The summed E-state index contributed by atoms with van der Waals surface area (Å²) < 4.78 is 18.2. The molecule has 1 aromatic carbocycles. The van der Waals surface area contributed by atoms with Gasteiger partial charge in [-0.3, -0.25) is 0 Å². The first-order chi connectivity index (χ1) is 8.27. The number of methoxy groups -OCH3 is 1. The minimum Gasteiger partial charge on any atom is -0.494 e. The zero-order valence-electron chi connectivity index (χ0n) is 10.1. The standard InChI is InChI=1S/C14H18FNO/c1-3-4-5-6-9-16-11-12-7-8-14(17-2)13(15)10-12/h1,7-8,10,16H,4-6,9,11H2,2H3. The lowest BCUT2D eigenvalue weighted by Gasteiger charge is -2.06. The highest BCUT2D eigenvalue weighted by molar-refractivity contribution is 5.29. The van der Waals surface area contributed by atoms with Crippen LogP contribution in [0.1, 0.15) is 24.8 Å². The van der Waals surface area contributed by atoms with Gasteiger partial charge in [-0.25, -0.2) is 4.39 Å². The van der Waals surface area contributed by atoms with Gasteiger partial charge in [-0.15, -0.1) is 12.3 Å². The molecule has 0 atom stereocenters. The number of rotatable bonds is 7. The zero-order chi connectivity index (χ0) is 12.5. The monoisotopic (exact) mass is 235 g/mol. The average Bonchev–Trinajstić information content (AvgIpc) is 2.34. The van der Waals surface area contributed by atoms with E-state index in [4.69, 9.17) is 11.2 Å². The molecule has 17 heavy (non-hydrogen) atoms. The Balaban J connectivity index is 2.28. The molecule has 92 valence electrons. The largest absolute Gasteiger partial charge is 0.494 e. The van der Waals surface area contributed by atoms with Crippen LogP contribution in [0.4, 0.5) is 4.39 Å². The Hall–Kier alpha value is -1.53. The lowest BCUT2D eigenvalue weighted by atomic mass is 10.2. The van der Waals surface area contributed by atoms with E-state index in [1.807, 2.05) is 6.07 Å². The lowest BCUT2D eigenvalue weighted by molar-refractivity contribution is 0.386. The summed E-state index contributed by atoms with van der Waals surface area (Å²) >= 11 is 0. The van der Waals surface area contributed by atoms with Crippen molar-refractivity contribution in [3.8, 4) is 18.1 Å². The smallest absolute Gasteiger partial charge is 0.165 e. The number of nitrogens with one attached hydrogen (secondary N) is 1. The average molecular weight is 235 g/mol. The molecule has 1 rings (SSSR count). The Kier molecular flexibility index (Phi) is 6.13. The second-order valence-corrected chi connectivity index (χ2v) is 3.81. The van der Waals surface area contributed by atoms with Gasteiger partial charge < -0.3 is 10.1 Å². The molecule has 0 radical (unpaired) electrons. The quantitative estimate of drug-likeness (QED) is 0.579. The molecule has 0 saturated carbocycles. The van der Waals surface area contributed by atoms with E-state index in [1.165, 1.54) is 13.2 Å². The second kappa shape index (κ2) is 7.70. The minimum absolute atomic E-state index is 0.280. The van der Waals surface area contributed by atoms with E-state index in [0.29, 0.717) is 6.54 Å². The molecule has 0 heterocycles. The summed E-state index contributed by atoms with van der Waals surface area (Å²) in [5.74, 6) is 2.57. The Labute approximate surface area is 102 Å². The normalized spacial score (nSPS) is 9.94. The summed E-state index contributed by atoms with van der Waals surface area (Å²) in [7, 11) is 1.46.